The van der Waals surface area contributed by atoms with Crippen LogP contribution in [0.15, 0.2) is 30.3 Å². The molecule has 0 radical (unpaired) electrons. The monoisotopic (exact) mass is 630 g/mol. The first-order chi connectivity index (χ1) is 22.2. The topological polar surface area (TPSA) is 66.4 Å². The number of aromatic nitrogens is 3. The summed E-state index contributed by atoms with van der Waals surface area (Å²) in [5, 5.41) is 5.76. The van der Waals surface area contributed by atoms with Crippen LogP contribution in [-0.4, -0.2) is 76.4 Å². The van der Waals surface area contributed by atoms with E-state index in [2.05, 4.69) is 35.9 Å². The Balaban J connectivity index is 1.35. The second-order valence-electron chi connectivity index (χ2n) is 14.0. The van der Waals surface area contributed by atoms with E-state index < -0.39 is 17.5 Å². The molecule has 3 saturated heterocycles. The van der Waals surface area contributed by atoms with Crippen molar-refractivity contribution in [2.45, 2.75) is 83.1 Å². The summed E-state index contributed by atoms with van der Waals surface area (Å²) >= 11 is 0. The third-order valence-corrected chi connectivity index (χ3v) is 11.5. The lowest BCUT2D eigenvalue weighted by Crippen LogP contribution is -2.60. The van der Waals surface area contributed by atoms with Crippen LogP contribution in [0.4, 0.5) is 19.0 Å². The largest absolute Gasteiger partial charge is 0.461 e. The first-order valence-electron chi connectivity index (χ1n) is 16.8. The van der Waals surface area contributed by atoms with Crippen LogP contribution in [0, 0.1) is 24.5 Å². The maximum absolute atomic E-state index is 17.2. The Labute approximate surface area is 267 Å². The number of nitrogens with zero attached hydrogens (tertiary/aromatic N) is 5. The number of anilines is 1. The predicted octanol–water partition coefficient (Wildman–Crippen LogP) is 6.70. The summed E-state index contributed by atoms with van der Waals surface area (Å²) in [4.78, 5) is 19.4. The van der Waals surface area contributed by atoms with E-state index >= 15 is 4.39 Å². The molecule has 4 aromatic rings. The minimum atomic E-state index is -0.885. The van der Waals surface area contributed by atoms with Crippen molar-refractivity contribution in [3.8, 4) is 17.3 Å². The van der Waals surface area contributed by atoms with Gasteiger partial charge in [0.05, 0.1) is 16.6 Å². The number of alkyl halides is 1. The predicted molar refractivity (Wildman–Crippen MR) is 174 cm³/mol. The van der Waals surface area contributed by atoms with Gasteiger partial charge in [0.1, 0.15) is 35.6 Å². The highest BCUT2D eigenvalue weighted by molar-refractivity contribution is 6.01. The van der Waals surface area contributed by atoms with Crippen molar-refractivity contribution in [2.75, 3.05) is 37.7 Å². The summed E-state index contributed by atoms with van der Waals surface area (Å²) in [5.74, 6) is -0.167. The fourth-order valence-corrected chi connectivity index (χ4v) is 9.01. The van der Waals surface area contributed by atoms with Gasteiger partial charge in [-0.25, -0.2) is 18.2 Å². The van der Waals surface area contributed by atoms with Crippen molar-refractivity contribution in [1.82, 2.24) is 25.2 Å². The number of halogens is 3. The Kier molecular flexibility index (Phi) is 7.17. The van der Waals surface area contributed by atoms with Crippen LogP contribution in [0.5, 0.6) is 6.01 Å². The molecule has 10 heteroatoms. The van der Waals surface area contributed by atoms with Crippen molar-refractivity contribution >= 4 is 27.5 Å². The second-order valence-corrected chi connectivity index (χ2v) is 14.0. The lowest BCUT2D eigenvalue weighted by molar-refractivity contribution is 0.107. The molecule has 4 aliphatic rings. The number of hydrogen-bond acceptors (Lipinski definition) is 7. The van der Waals surface area contributed by atoms with Gasteiger partial charge in [-0.05, 0) is 61.1 Å². The Hall–Kier alpha value is -3.50. The molecule has 2 aromatic heterocycles. The Morgan fingerprint density at radius 1 is 1.07 bits per heavy atom. The maximum atomic E-state index is 17.2. The minimum Gasteiger partial charge on any atom is -0.461 e. The molecule has 0 bridgehead atoms. The van der Waals surface area contributed by atoms with E-state index in [1.165, 1.54) is 6.07 Å². The molecule has 0 amide bonds. The van der Waals surface area contributed by atoms with Crippen molar-refractivity contribution in [3.05, 3.63) is 53.2 Å². The van der Waals surface area contributed by atoms with Gasteiger partial charge in [0.15, 0.2) is 5.82 Å². The Morgan fingerprint density at radius 2 is 1.91 bits per heavy atom. The highest BCUT2D eigenvalue weighted by atomic mass is 19.1. The van der Waals surface area contributed by atoms with E-state index in [-0.39, 0.29) is 53.6 Å². The van der Waals surface area contributed by atoms with Crippen LogP contribution in [0.1, 0.15) is 63.6 Å². The first-order valence-corrected chi connectivity index (χ1v) is 16.8. The fourth-order valence-electron chi connectivity index (χ4n) is 9.01. The zero-order valence-electron chi connectivity index (χ0n) is 26.9. The Morgan fingerprint density at radius 3 is 2.74 bits per heavy atom. The van der Waals surface area contributed by atoms with Crippen LogP contribution in [0.25, 0.3) is 32.9 Å². The number of hydrogen-bond donors (Lipinski definition) is 1. The SMILES string of the molecule is CC[C@@H]1NCCN2c3nc(OC[C@@]45CCCN4C[C@H](F)C5)nc4c(F)c(-c5cccc6ccc(F)c(C)c56)nc(c34)[C@@H](C)[C@H](C)[C@@H]12. The van der Waals surface area contributed by atoms with Gasteiger partial charge in [0.2, 0.25) is 0 Å². The highest BCUT2D eigenvalue weighted by Crippen LogP contribution is 2.47. The maximum Gasteiger partial charge on any atom is 0.319 e. The Bertz CT molecular complexity index is 1850. The lowest BCUT2D eigenvalue weighted by atomic mass is 9.81. The first kappa shape index (κ1) is 29.9. The summed E-state index contributed by atoms with van der Waals surface area (Å²) < 4.78 is 53.0. The van der Waals surface area contributed by atoms with Gasteiger partial charge in [-0.2, -0.15) is 9.97 Å². The molecule has 6 atom stereocenters. The zero-order chi connectivity index (χ0) is 31.9. The van der Waals surface area contributed by atoms with Gasteiger partial charge in [0.25, 0.3) is 0 Å². The molecule has 3 fully saturated rings. The molecule has 7 nitrogen and oxygen atoms in total. The lowest BCUT2D eigenvalue weighted by Gasteiger charge is -2.45. The van der Waals surface area contributed by atoms with E-state index in [1.54, 1.807) is 13.0 Å². The second kappa shape index (κ2) is 11.0. The van der Waals surface area contributed by atoms with Crippen molar-refractivity contribution < 1.29 is 17.9 Å². The van der Waals surface area contributed by atoms with Crippen molar-refractivity contribution in [2.24, 2.45) is 5.92 Å². The molecule has 6 heterocycles. The van der Waals surface area contributed by atoms with E-state index in [0.717, 1.165) is 43.4 Å². The molecule has 0 saturated carbocycles. The van der Waals surface area contributed by atoms with Crippen molar-refractivity contribution in [3.63, 3.8) is 0 Å². The molecule has 0 spiro atoms. The number of pyridine rings is 1. The molecule has 46 heavy (non-hydrogen) atoms. The average Bonchev–Trinajstić information content (AvgIpc) is 3.57. The van der Waals surface area contributed by atoms with E-state index in [0.29, 0.717) is 47.2 Å². The zero-order valence-corrected chi connectivity index (χ0v) is 26.9. The van der Waals surface area contributed by atoms with Gasteiger partial charge in [-0.1, -0.05) is 45.0 Å². The van der Waals surface area contributed by atoms with Gasteiger partial charge in [-0.3, -0.25) is 4.90 Å². The number of fused-ring (bicyclic) bond motifs is 4. The summed E-state index contributed by atoms with van der Waals surface area (Å²) in [6.45, 7) is 11.3. The number of benzene rings is 2. The normalized spacial score (nSPS) is 29.3. The molecule has 0 unspecified atom stereocenters. The number of piperazine rings is 1. The molecule has 1 N–H and O–H groups in total. The van der Waals surface area contributed by atoms with Crippen LogP contribution in [0.3, 0.4) is 0 Å². The van der Waals surface area contributed by atoms with Crippen LogP contribution < -0.4 is 15.0 Å². The van der Waals surface area contributed by atoms with Crippen LogP contribution >= 0.6 is 0 Å². The summed E-state index contributed by atoms with van der Waals surface area (Å²) in [5.41, 5.74) is 1.64. The minimum absolute atomic E-state index is 0.0429. The smallest absolute Gasteiger partial charge is 0.319 e. The van der Waals surface area contributed by atoms with Crippen LogP contribution in [-0.2, 0) is 0 Å². The molecular formula is C36H41F3N6O. The summed E-state index contributed by atoms with van der Waals surface area (Å²) in [6.07, 6.45) is 2.32. The van der Waals surface area contributed by atoms with E-state index in [1.807, 2.05) is 18.2 Å². The fraction of sp³-hybridized carbons (Fsp3) is 0.528. The third kappa shape index (κ3) is 4.43. The standard InChI is InChI=1S/C36H41F3N6O/c1-5-26-33-20(3)19(2)30-28-32(29(39)31(41-30)24-9-6-8-22-10-11-25(38)21(4)27(22)24)42-35(43-34(28)45(33)15-13-40-26)46-18-36-12-7-14-44(36)17-23(37)16-36/h6,8-11,19-20,23,26,33,40H,5,7,12-18H2,1-4H3/t19-,20-,23+,26-,33-,36-/m0/s1. The summed E-state index contributed by atoms with van der Waals surface area (Å²) in [7, 11) is 0. The van der Waals surface area contributed by atoms with Gasteiger partial charge in [0, 0.05) is 49.6 Å². The molecule has 8 rings (SSSR count). The molecule has 4 aliphatic heterocycles. The van der Waals surface area contributed by atoms with Gasteiger partial charge < -0.3 is 15.0 Å². The highest BCUT2D eigenvalue weighted by Gasteiger charge is 2.50. The number of ether oxygens (including phenoxy) is 1. The number of rotatable bonds is 5. The molecule has 0 aliphatic carbocycles. The number of nitrogens with one attached hydrogen (secondary N) is 1. The third-order valence-electron chi connectivity index (χ3n) is 11.5. The quantitative estimate of drug-likeness (QED) is 0.263. The van der Waals surface area contributed by atoms with Crippen molar-refractivity contribution in [1.29, 1.82) is 0 Å². The van der Waals surface area contributed by atoms with E-state index in [9.17, 15) is 8.78 Å². The number of aryl methyl sites for hydroxylation is 1. The van der Waals surface area contributed by atoms with Crippen LogP contribution in [0.2, 0.25) is 0 Å². The van der Waals surface area contributed by atoms with E-state index in [4.69, 9.17) is 19.7 Å². The molecule has 2 aromatic carbocycles. The average molecular weight is 631 g/mol. The summed E-state index contributed by atoms with van der Waals surface area (Å²) in [6, 6.07) is 9.15. The van der Waals surface area contributed by atoms with Gasteiger partial charge >= 0.3 is 6.01 Å². The molecular weight excluding hydrogens is 589 g/mol. The van der Waals surface area contributed by atoms with Gasteiger partial charge in [-0.15, -0.1) is 0 Å². The molecule has 242 valence electrons.